The Hall–Kier alpha value is -6.26. The summed E-state index contributed by atoms with van der Waals surface area (Å²) in [6, 6.07) is 9.00. The van der Waals surface area contributed by atoms with Crippen molar-refractivity contribution in [2.24, 2.45) is 5.16 Å². The normalized spacial score (nSPS) is 17.8. The summed E-state index contributed by atoms with van der Waals surface area (Å²) in [4.78, 5) is 69.0. The fraction of sp³-hybridized carbons (Fsp3) is 0.278. The first-order valence-corrected chi connectivity index (χ1v) is 20.3. The predicted octanol–water partition coefficient (Wildman–Crippen LogP) is 1.35. The summed E-state index contributed by atoms with van der Waals surface area (Å²) < 4.78 is 12.5. The van der Waals surface area contributed by atoms with Gasteiger partial charge < -0.3 is 46.4 Å². The Morgan fingerprint density at radius 1 is 1.12 bits per heavy atom. The van der Waals surface area contributed by atoms with E-state index in [4.69, 9.17) is 31.6 Å². The molecule has 4 aromatic rings. The lowest BCUT2D eigenvalue weighted by molar-refractivity contribution is -0.689. The molecule has 0 radical (unpaired) electrons. The number of hydrogen-bond acceptors (Lipinski definition) is 18. The molecule has 7 rings (SSSR count). The van der Waals surface area contributed by atoms with Gasteiger partial charge in [0.25, 0.3) is 11.8 Å². The topological polar surface area (TPSA) is 292 Å². The Bertz CT molecular complexity index is 2370. The number of benzene rings is 2. The second-order valence-electron chi connectivity index (χ2n) is 13.0. The van der Waals surface area contributed by atoms with E-state index in [0.717, 1.165) is 54.0 Å². The number of β-lactam (4-membered cyclic amide) rings is 1. The number of carboxylic acid groups (broad SMARTS) is 1. The van der Waals surface area contributed by atoms with Gasteiger partial charge in [-0.05, 0) is 65.0 Å². The molecule has 2 amide bonds. The van der Waals surface area contributed by atoms with Crippen molar-refractivity contribution in [1.29, 1.82) is 0 Å². The SMILES string of the molecule is COc1ccc(COC(=O)C2=C(CSc3nc(N)c4c([n+]3N)CCC4)CS[C@@H]3[C@H](NC(=O)/C(=N\O[C@H](C(=O)O)c4ccc(O)c(O)c4)c4csc(N)n4)C(=O)N23)cc1. The molecular formula is C36H36N9O10S3+. The standard InChI is InChI=1S/C36H35N9O10S3/c1-53-19-8-5-16(6-9-19)12-54-34(52)27-18(14-58-36-42-29(37)20-3-2-4-22(20)45(36)39)13-56-32-26(31(49)44(27)32)41-30(48)25(21-15-57-35(38)40-21)43-55-28(33(50)51)17-7-10-23(46)24(47)11-17/h5-11,15,26,28,32,37H,2-4,12-14,39H2,1H3,(H6,38,40,41,43,46,47,48,50,51)/p+1/t26-,28+,32-/m1/s1. The smallest absolute Gasteiger partial charge is 0.385 e. The Morgan fingerprint density at radius 2 is 1.90 bits per heavy atom. The van der Waals surface area contributed by atoms with Crippen LogP contribution in [-0.2, 0) is 48.2 Å². The van der Waals surface area contributed by atoms with E-state index in [1.807, 2.05) is 0 Å². The van der Waals surface area contributed by atoms with E-state index in [-0.39, 0.29) is 40.2 Å². The second-order valence-corrected chi connectivity index (χ2v) is 16.0. The molecule has 58 heavy (non-hydrogen) atoms. The number of phenols is 2. The summed E-state index contributed by atoms with van der Waals surface area (Å²) in [6.45, 7) is -0.101. The number of phenolic OH excluding ortho intramolecular Hbond substituents is 2. The molecular weight excluding hydrogens is 815 g/mol. The van der Waals surface area contributed by atoms with Gasteiger partial charge in [-0.3, -0.25) is 20.3 Å². The Morgan fingerprint density at radius 3 is 2.59 bits per heavy atom. The van der Waals surface area contributed by atoms with Crippen LogP contribution in [0.2, 0.25) is 0 Å². The van der Waals surface area contributed by atoms with Crippen molar-refractivity contribution < 1.29 is 53.5 Å². The first-order valence-electron chi connectivity index (χ1n) is 17.4. The molecule has 19 nitrogen and oxygen atoms in total. The first kappa shape index (κ1) is 40.0. The van der Waals surface area contributed by atoms with Crippen LogP contribution in [0.4, 0.5) is 10.9 Å². The van der Waals surface area contributed by atoms with E-state index >= 15 is 0 Å². The van der Waals surface area contributed by atoms with Crippen LogP contribution in [0.5, 0.6) is 17.2 Å². The number of fused-ring (bicyclic) bond motifs is 2. The molecule has 2 aromatic heterocycles. The Kier molecular flexibility index (Phi) is 11.5. The number of anilines is 2. The fourth-order valence-electron chi connectivity index (χ4n) is 6.45. The molecule has 1 aliphatic carbocycles. The number of ether oxygens (including phenoxy) is 2. The van der Waals surface area contributed by atoms with Crippen LogP contribution in [0.3, 0.4) is 0 Å². The van der Waals surface area contributed by atoms with Crippen LogP contribution in [0.25, 0.3) is 0 Å². The van der Waals surface area contributed by atoms with Crippen LogP contribution in [0.15, 0.2) is 69.4 Å². The number of carbonyl (C=O) groups is 4. The zero-order valence-corrected chi connectivity index (χ0v) is 32.9. The maximum Gasteiger partial charge on any atom is 0.385 e. The molecule has 2 aromatic carbocycles. The van der Waals surface area contributed by atoms with Gasteiger partial charge in [0.2, 0.25) is 11.9 Å². The highest BCUT2D eigenvalue weighted by molar-refractivity contribution is 8.01. The average molecular weight is 851 g/mol. The highest BCUT2D eigenvalue weighted by Crippen LogP contribution is 2.42. The maximum absolute atomic E-state index is 14.0. The Balaban J connectivity index is 1.13. The number of aliphatic carboxylic acids is 1. The number of oxime groups is 1. The summed E-state index contributed by atoms with van der Waals surface area (Å²) in [7, 11) is 1.54. The summed E-state index contributed by atoms with van der Waals surface area (Å²) >= 11 is 3.53. The lowest BCUT2D eigenvalue weighted by Crippen LogP contribution is -2.71. The molecule has 4 heterocycles. The number of aromatic nitrogens is 3. The highest BCUT2D eigenvalue weighted by Gasteiger charge is 2.55. The van der Waals surface area contributed by atoms with Crippen molar-refractivity contribution >= 4 is 75.3 Å². The zero-order chi connectivity index (χ0) is 41.2. The number of rotatable bonds is 14. The van der Waals surface area contributed by atoms with E-state index in [1.165, 1.54) is 51.7 Å². The van der Waals surface area contributed by atoms with Gasteiger partial charge in [-0.15, -0.1) is 27.8 Å². The lowest BCUT2D eigenvalue weighted by atomic mass is 10.0. The number of nitrogens with two attached hydrogens (primary N) is 3. The van der Waals surface area contributed by atoms with Gasteiger partial charge in [-0.2, -0.15) is 0 Å². The zero-order valence-electron chi connectivity index (χ0n) is 30.5. The number of nitrogens with zero attached hydrogens (tertiary/aromatic N) is 5. The van der Waals surface area contributed by atoms with Gasteiger partial charge in [-0.25, -0.2) is 14.6 Å². The molecule has 3 aliphatic rings. The van der Waals surface area contributed by atoms with Crippen molar-refractivity contribution in [1.82, 2.24) is 20.2 Å². The highest BCUT2D eigenvalue weighted by atomic mass is 32.2. The number of aromatic hydroxyl groups is 2. The molecule has 10 N–H and O–H groups in total. The molecule has 3 atom stereocenters. The van der Waals surface area contributed by atoms with Gasteiger partial charge >= 0.3 is 17.1 Å². The molecule has 1 saturated heterocycles. The third kappa shape index (κ3) is 7.97. The number of nitrogen functional groups attached to an aromatic ring is 3. The number of esters is 1. The maximum atomic E-state index is 14.0. The largest absolute Gasteiger partial charge is 0.504 e. The van der Waals surface area contributed by atoms with Crippen molar-refractivity contribution in [3.63, 3.8) is 0 Å². The first-order chi connectivity index (χ1) is 27.8. The predicted molar refractivity (Wildman–Crippen MR) is 211 cm³/mol. The van der Waals surface area contributed by atoms with Crippen molar-refractivity contribution in [2.75, 3.05) is 35.9 Å². The van der Waals surface area contributed by atoms with E-state index in [1.54, 1.807) is 24.3 Å². The van der Waals surface area contributed by atoms with Crippen LogP contribution >= 0.6 is 34.9 Å². The Labute approximate surface area is 341 Å². The summed E-state index contributed by atoms with van der Waals surface area (Å²) in [6.07, 6.45) is 0.610. The van der Waals surface area contributed by atoms with Gasteiger partial charge in [-0.1, -0.05) is 23.4 Å². The van der Waals surface area contributed by atoms with Gasteiger partial charge in [0.15, 0.2) is 22.3 Å². The second kappa shape index (κ2) is 16.7. The number of thiazole rings is 1. The molecule has 0 bridgehead atoms. The molecule has 0 spiro atoms. The van der Waals surface area contributed by atoms with Crippen LogP contribution in [0.1, 0.15) is 40.6 Å². The summed E-state index contributed by atoms with van der Waals surface area (Å²) in [5.41, 5.74) is 14.5. The number of methoxy groups -OCH3 is 1. The fourth-order valence-corrected chi connectivity index (χ4v) is 9.43. The number of carbonyl (C=O) groups excluding carboxylic acids is 3. The molecule has 0 saturated carbocycles. The van der Waals surface area contributed by atoms with Crippen LogP contribution < -0.4 is 32.0 Å². The average Bonchev–Trinajstić information content (AvgIpc) is 3.89. The molecule has 2 aliphatic heterocycles. The van der Waals surface area contributed by atoms with E-state index in [0.29, 0.717) is 27.9 Å². The number of hydrogen-bond donors (Lipinski definition) is 7. The van der Waals surface area contributed by atoms with E-state index < -0.39 is 58.5 Å². The van der Waals surface area contributed by atoms with E-state index in [2.05, 4.69) is 20.4 Å². The molecule has 1 fully saturated rings. The number of amides is 2. The molecule has 302 valence electrons. The van der Waals surface area contributed by atoms with Gasteiger partial charge in [0.1, 0.15) is 40.9 Å². The summed E-state index contributed by atoms with van der Waals surface area (Å²) in [5.74, 6) is 2.95. The lowest BCUT2D eigenvalue weighted by Gasteiger charge is -2.49. The number of nitrogens with one attached hydrogen (secondary N) is 1. The third-order valence-electron chi connectivity index (χ3n) is 9.40. The molecule has 0 unspecified atom stereocenters. The minimum atomic E-state index is -1.83. The molecule has 22 heteroatoms. The van der Waals surface area contributed by atoms with Crippen LogP contribution in [0, 0.1) is 0 Å². The minimum Gasteiger partial charge on any atom is -0.504 e. The van der Waals surface area contributed by atoms with Gasteiger partial charge in [0, 0.05) is 28.9 Å². The van der Waals surface area contributed by atoms with Crippen molar-refractivity contribution in [3.8, 4) is 17.2 Å². The van der Waals surface area contributed by atoms with Crippen LogP contribution in [-0.4, -0.2) is 89.7 Å². The monoisotopic (exact) mass is 850 g/mol. The summed E-state index contributed by atoms with van der Waals surface area (Å²) in [5, 5.41) is 37.0. The van der Waals surface area contributed by atoms with Gasteiger partial charge in [0.05, 0.1) is 12.7 Å². The van der Waals surface area contributed by atoms with E-state index in [9.17, 15) is 34.5 Å². The number of carboxylic acids is 1. The van der Waals surface area contributed by atoms with Crippen molar-refractivity contribution in [2.45, 2.75) is 48.5 Å². The quantitative estimate of drug-likeness (QED) is 0.0108. The minimum absolute atomic E-state index is 0.0175. The third-order valence-corrected chi connectivity index (χ3v) is 12.5. The number of thioether (sulfide) groups is 2. The van der Waals surface area contributed by atoms with Crippen molar-refractivity contribution in [3.05, 3.63) is 87.2 Å².